The first kappa shape index (κ1) is 13.2. The zero-order valence-electron chi connectivity index (χ0n) is 11.3. The summed E-state index contributed by atoms with van der Waals surface area (Å²) in [6.45, 7) is 0. The number of carbonyl (C=O) groups is 3. The third-order valence-corrected chi connectivity index (χ3v) is 3.45. The molecule has 2 heterocycles. The van der Waals surface area contributed by atoms with E-state index in [9.17, 15) is 14.4 Å². The molecule has 0 bridgehead atoms. The molecule has 2 aromatic rings. The first-order valence-electron chi connectivity index (χ1n) is 6.36. The second-order valence-corrected chi connectivity index (χ2v) is 4.93. The quantitative estimate of drug-likeness (QED) is 0.618. The summed E-state index contributed by atoms with van der Waals surface area (Å²) in [7, 11) is 1.39. The van der Waals surface area contributed by atoms with Crippen LogP contribution in [0.4, 0.5) is 5.69 Å². The number of nitrogens with two attached hydrogens (primary N) is 1. The molecule has 0 spiro atoms. The van der Waals surface area contributed by atoms with Crippen LogP contribution in [0.5, 0.6) is 0 Å². The average molecular weight is 287 g/mol. The number of nitrogen functional groups attached to an aromatic ring is 1. The van der Waals surface area contributed by atoms with Crippen molar-refractivity contribution in [1.29, 1.82) is 0 Å². The van der Waals surface area contributed by atoms with Crippen molar-refractivity contribution in [3.8, 4) is 0 Å². The number of fused-ring (bicyclic) bond motifs is 1. The van der Waals surface area contributed by atoms with Crippen LogP contribution in [0.3, 0.4) is 0 Å². The van der Waals surface area contributed by atoms with Crippen LogP contribution in [0.15, 0.2) is 28.7 Å². The lowest BCUT2D eigenvalue weighted by Gasteiger charge is -2.09. The predicted octanol–water partition coefficient (Wildman–Crippen LogP) is 0.502. The van der Waals surface area contributed by atoms with E-state index in [0.29, 0.717) is 16.7 Å². The highest BCUT2D eigenvalue weighted by atomic mass is 16.3. The summed E-state index contributed by atoms with van der Waals surface area (Å²) in [5, 5.41) is 3.21. The SMILES string of the molecule is CN1C(=O)CC(NC(=O)c2cc3cc(N)ccc3o2)C1=O. The summed E-state index contributed by atoms with van der Waals surface area (Å²) in [6.07, 6.45) is -0.0335. The highest BCUT2D eigenvalue weighted by Crippen LogP contribution is 2.22. The van der Waals surface area contributed by atoms with Gasteiger partial charge in [0, 0.05) is 18.1 Å². The molecule has 3 amide bonds. The Morgan fingerprint density at radius 3 is 2.81 bits per heavy atom. The number of likely N-dealkylation sites (N-methyl/N-ethyl adjacent to an activating group) is 1. The van der Waals surface area contributed by atoms with Crippen molar-refractivity contribution in [1.82, 2.24) is 10.2 Å². The molecule has 1 unspecified atom stereocenters. The van der Waals surface area contributed by atoms with E-state index in [2.05, 4.69) is 5.32 Å². The minimum atomic E-state index is -0.840. The van der Waals surface area contributed by atoms with Crippen LogP contribution in [0.2, 0.25) is 0 Å². The molecule has 7 heteroatoms. The lowest BCUT2D eigenvalue weighted by molar-refractivity contribution is -0.137. The van der Waals surface area contributed by atoms with E-state index in [-0.39, 0.29) is 18.1 Å². The Morgan fingerprint density at radius 1 is 1.38 bits per heavy atom. The van der Waals surface area contributed by atoms with Crippen molar-refractivity contribution in [2.75, 3.05) is 12.8 Å². The summed E-state index contributed by atoms with van der Waals surface area (Å²) < 4.78 is 5.41. The maximum atomic E-state index is 12.1. The fraction of sp³-hybridized carbons (Fsp3) is 0.214. The number of nitrogens with one attached hydrogen (secondary N) is 1. The van der Waals surface area contributed by atoms with Crippen molar-refractivity contribution in [2.45, 2.75) is 12.5 Å². The van der Waals surface area contributed by atoms with Gasteiger partial charge in [-0.3, -0.25) is 19.3 Å². The zero-order chi connectivity index (χ0) is 15.1. The van der Waals surface area contributed by atoms with Crippen LogP contribution >= 0.6 is 0 Å². The summed E-state index contributed by atoms with van der Waals surface area (Å²) in [6, 6.07) is 5.73. The largest absolute Gasteiger partial charge is 0.451 e. The minimum absolute atomic E-state index is 0.0335. The van der Waals surface area contributed by atoms with E-state index in [1.165, 1.54) is 7.05 Å². The van der Waals surface area contributed by atoms with Gasteiger partial charge < -0.3 is 15.5 Å². The lowest BCUT2D eigenvalue weighted by atomic mass is 10.2. The van der Waals surface area contributed by atoms with Crippen molar-refractivity contribution < 1.29 is 18.8 Å². The number of benzene rings is 1. The molecule has 1 fully saturated rings. The zero-order valence-corrected chi connectivity index (χ0v) is 11.3. The Labute approximate surface area is 119 Å². The van der Waals surface area contributed by atoms with Gasteiger partial charge in [0.1, 0.15) is 11.6 Å². The molecule has 1 aliphatic heterocycles. The van der Waals surface area contributed by atoms with Gasteiger partial charge in [0.15, 0.2) is 5.76 Å². The van der Waals surface area contributed by atoms with Crippen LogP contribution in [0.1, 0.15) is 17.0 Å². The van der Waals surface area contributed by atoms with Gasteiger partial charge in [-0.05, 0) is 24.3 Å². The third kappa shape index (κ3) is 2.22. The van der Waals surface area contributed by atoms with Gasteiger partial charge in [-0.25, -0.2) is 0 Å². The first-order valence-corrected chi connectivity index (χ1v) is 6.36. The maximum absolute atomic E-state index is 12.1. The molecule has 108 valence electrons. The molecule has 1 atom stereocenters. The molecule has 0 aliphatic carbocycles. The molecule has 3 N–H and O–H groups in total. The van der Waals surface area contributed by atoms with Crippen LogP contribution in [-0.2, 0) is 9.59 Å². The van der Waals surface area contributed by atoms with Crippen molar-refractivity contribution in [3.05, 3.63) is 30.0 Å². The number of hydrogen-bond donors (Lipinski definition) is 2. The summed E-state index contributed by atoms with van der Waals surface area (Å²) in [4.78, 5) is 36.3. The van der Waals surface area contributed by atoms with Gasteiger partial charge in [0.2, 0.25) is 5.91 Å². The fourth-order valence-corrected chi connectivity index (χ4v) is 2.27. The van der Waals surface area contributed by atoms with Gasteiger partial charge >= 0.3 is 0 Å². The van der Waals surface area contributed by atoms with Crippen LogP contribution in [0, 0.1) is 0 Å². The van der Waals surface area contributed by atoms with Crippen molar-refractivity contribution >= 4 is 34.4 Å². The normalized spacial score (nSPS) is 18.5. The van der Waals surface area contributed by atoms with Gasteiger partial charge in [-0.2, -0.15) is 0 Å². The van der Waals surface area contributed by atoms with E-state index < -0.39 is 17.9 Å². The van der Waals surface area contributed by atoms with Crippen molar-refractivity contribution in [3.63, 3.8) is 0 Å². The van der Waals surface area contributed by atoms with E-state index in [1.54, 1.807) is 24.3 Å². The molecule has 1 aromatic carbocycles. The molecule has 7 nitrogen and oxygen atoms in total. The smallest absolute Gasteiger partial charge is 0.287 e. The number of anilines is 1. The Balaban J connectivity index is 1.81. The molecule has 21 heavy (non-hydrogen) atoms. The highest BCUT2D eigenvalue weighted by Gasteiger charge is 2.37. The van der Waals surface area contributed by atoms with E-state index in [0.717, 1.165) is 4.90 Å². The molecule has 1 aromatic heterocycles. The number of imide groups is 1. The van der Waals surface area contributed by atoms with Crippen LogP contribution < -0.4 is 11.1 Å². The number of nitrogens with zero attached hydrogens (tertiary/aromatic N) is 1. The molecule has 0 radical (unpaired) electrons. The summed E-state index contributed by atoms with van der Waals surface area (Å²) >= 11 is 0. The molecular weight excluding hydrogens is 274 g/mol. The molecule has 3 rings (SSSR count). The Morgan fingerprint density at radius 2 is 2.14 bits per heavy atom. The van der Waals surface area contributed by atoms with Gasteiger partial charge in [0.25, 0.3) is 11.8 Å². The topological polar surface area (TPSA) is 106 Å². The fourth-order valence-electron chi connectivity index (χ4n) is 2.27. The number of likely N-dealkylation sites (tertiary alicyclic amines) is 1. The Kier molecular flexibility index (Phi) is 2.90. The van der Waals surface area contributed by atoms with Crippen LogP contribution in [-0.4, -0.2) is 35.7 Å². The Hall–Kier alpha value is -2.83. The lowest BCUT2D eigenvalue weighted by Crippen LogP contribution is -2.40. The predicted molar refractivity (Wildman–Crippen MR) is 74.3 cm³/mol. The summed E-state index contributed by atoms with van der Waals surface area (Å²) in [5.41, 5.74) is 6.75. The third-order valence-electron chi connectivity index (χ3n) is 3.45. The van der Waals surface area contributed by atoms with E-state index in [4.69, 9.17) is 10.2 Å². The second kappa shape index (κ2) is 4.62. The molecule has 0 saturated carbocycles. The Bertz CT molecular complexity index is 765. The summed E-state index contributed by atoms with van der Waals surface area (Å²) in [5.74, 6) is -1.20. The van der Waals surface area contributed by atoms with Crippen molar-refractivity contribution in [2.24, 2.45) is 0 Å². The van der Waals surface area contributed by atoms with Gasteiger partial charge in [0.05, 0.1) is 6.42 Å². The van der Waals surface area contributed by atoms with E-state index in [1.807, 2.05) is 0 Å². The maximum Gasteiger partial charge on any atom is 0.287 e. The number of carbonyl (C=O) groups excluding carboxylic acids is 3. The monoisotopic (exact) mass is 287 g/mol. The number of furan rings is 1. The molecule has 1 saturated heterocycles. The molecule has 1 aliphatic rings. The minimum Gasteiger partial charge on any atom is -0.451 e. The molecular formula is C14H13N3O4. The number of amides is 3. The van der Waals surface area contributed by atoms with E-state index >= 15 is 0 Å². The number of hydrogen-bond acceptors (Lipinski definition) is 5. The standard InChI is InChI=1S/C14H13N3O4/c1-17-12(18)6-9(14(17)20)16-13(19)11-5-7-4-8(15)2-3-10(7)21-11/h2-5,9H,6,15H2,1H3,(H,16,19). The first-order chi connectivity index (χ1) is 9.95. The number of rotatable bonds is 2. The van der Waals surface area contributed by atoms with Crippen LogP contribution in [0.25, 0.3) is 11.0 Å². The second-order valence-electron chi connectivity index (χ2n) is 4.93. The highest BCUT2D eigenvalue weighted by molar-refractivity contribution is 6.08. The van der Waals surface area contributed by atoms with Gasteiger partial charge in [-0.1, -0.05) is 0 Å². The average Bonchev–Trinajstić information content (AvgIpc) is 2.96. The van der Waals surface area contributed by atoms with Gasteiger partial charge in [-0.15, -0.1) is 0 Å².